The monoisotopic (exact) mass is 1550 g/mol. The van der Waals surface area contributed by atoms with Crippen molar-refractivity contribution < 1.29 is 80.2 Å². The summed E-state index contributed by atoms with van der Waals surface area (Å²) in [4.78, 5) is 73.2. The van der Waals surface area contributed by atoms with Crippen LogP contribution in [-0.4, -0.2) is 96.7 Å². The van der Waals surface area contributed by atoms with Gasteiger partial charge in [-0.1, -0.05) is 402 Å². The Hall–Kier alpha value is -1.94. The summed E-state index contributed by atoms with van der Waals surface area (Å²) in [5.41, 5.74) is 0. The maximum atomic E-state index is 13.1. The highest BCUT2D eigenvalue weighted by atomic mass is 31.2. The summed E-state index contributed by atoms with van der Waals surface area (Å²) in [6.07, 6.45) is 65.2. The van der Waals surface area contributed by atoms with Crippen LogP contribution in [-0.2, 0) is 65.4 Å². The second kappa shape index (κ2) is 75.7. The SMILES string of the molecule is CCC(C)CCCCCCCCCCCCCCCCCCCCC(=O)O[C@H](COC(=O)CCCCCCCCCCCCCCCC(C)C)COP(=O)(O)OCC(O)COP(=O)(O)OC[C@@H](COC(=O)CCCCCCCCCC(C)C)OC(=O)CCCCCCCCCCCCCCCCC(C)CC. The van der Waals surface area contributed by atoms with Gasteiger partial charge in [0.1, 0.15) is 19.3 Å². The molecule has 0 aliphatic heterocycles. The molecule has 0 amide bonds. The number of phosphoric ester groups is 2. The predicted octanol–water partition coefficient (Wildman–Crippen LogP) is 26.3. The average Bonchev–Trinajstić information content (AvgIpc) is 0.906. The molecule has 0 aromatic rings. The molecule has 0 saturated carbocycles. The summed E-state index contributed by atoms with van der Waals surface area (Å²) >= 11 is 0. The highest BCUT2D eigenvalue weighted by molar-refractivity contribution is 7.47. The number of unbranched alkanes of at least 4 members (excludes halogenated alkanes) is 48. The maximum Gasteiger partial charge on any atom is 0.472 e. The molecule has 630 valence electrons. The van der Waals surface area contributed by atoms with Gasteiger partial charge in [-0.25, -0.2) is 9.13 Å². The van der Waals surface area contributed by atoms with Gasteiger partial charge in [0.15, 0.2) is 12.2 Å². The van der Waals surface area contributed by atoms with Crippen LogP contribution >= 0.6 is 15.6 Å². The van der Waals surface area contributed by atoms with E-state index in [4.69, 9.17) is 37.0 Å². The number of phosphoric acid groups is 2. The number of rotatable bonds is 84. The molecule has 0 aromatic carbocycles. The molecule has 0 spiro atoms. The van der Waals surface area contributed by atoms with E-state index in [0.717, 1.165) is 114 Å². The Morgan fingerprint density at radius 1 is 0.264 bits per heavy atom. The number of esters is 4. The Bertz CT molecular complexity index is 2060. The van der Waals surface area contributed by atoms with Crippen LogP contribution in [0.4, 0.5) is 0 Å². The molecule has 106 heavy (non-hydrogen) atoms. The van der Waals surface area contributed by atoms with Gasteiger partial charge in [-0.3, -0.25) is 37.3 Å². The fourth-order valence-electron chi connectivity index (χ4n) is 13.4. The lowest BCUT2D eigenvalue weighted by atomic mass is 9.99. The number of aliphatic hydroxyl groups excluding tert-OH is 1. The van der Waals surface area contributed by atoms with E-state index in [-0.39, 0.29) is 25.7 Å². The Labute approximate surface area is 651 Å². The lowest BCUT2D eigenvalue weighted by Gasteiger charge is -2.21. The van der Waals surface area contributed by atoms with E-state index in [2.05, 4.69) is 55.4 Å². The van der Waals surface area contributed by atoms with Gasteiger partial charge in [0, 0.05) is 25.7 Å². The van der Waals surface area contributed by atoms with Crippen LogP contribution in [0.15, 0.2) is 0 Å². The minimum atomic E-state index is -4.97. The first-order valence-electron chi connectivity index (χ1n) is 44.8. The van der Waals surface area contributed by atoms with Crippen LogP contribution in [0, 0.1) is 23.7 Å². The van der Waals surface area contributed by atoms with Gasteiger partial charge in [-0.05, 0) is 49.4 Å². The predicted molar refractivity (Wildman–Crippen MR) is 437 cm³/mol. The van der Waals surface area contributed by atoms with Crippen molar-refractivity contribution in [2.24, 2.45) is 23.7 Å². The minimum absolute atomic E-state index is 0.107. The van der Waals surface area contributed by atoms with Gasteiger partial charge in [0.2, 0.25) is 0 Å². The average molecular weight is 1550 g/mol. The fourth-order valence-corrected chi connectivity index (χ4v) is 15.0. The first-order valence-corrected chi connectivity index (χ1v) is 47.8. The van der Waals surface area contributed by atoms with Crippen molar-refractivity contribution in [3.63, 3.8) is 0 Å². The molecule has 19 heteroatoms. The van der Waals surface area contributed by atoms with Crippen molar-refractivity contribution in [1.29, 1.82) is 0 Å². The topological polar surface area (TPSA) is 237 Å². The van der Waals surface area contributed by atoms with Crippen LogP contribution in [0.1, 0.15) is 453 Å². The first kappa shape index (κ1) is 104. The largest absolute Gasteiger partial charge is 0.472 e. The zero-order valence-corrected chi connectivity index (χ0v) is 71.9. The van der Waals surface area contributed by atoms with Gasteiger partial charge < -0.3 is 33.8 Å². The number of hydrogen-bond acceptors (Lipinski definition) is 15. The molecule has 3 N–H and O–H groups in total. The highest BCUT2D eigenvalue weighted by Crippen LogP contribution is 2.45. The zero-order chi connectivity index (χ0) is 78.1. The summed E-state index contributed by atoms with van der Waals surface area (Å²) in [6, 6.07) is 0. The van der Waals surface area contributed by atoms with E-state index in [9.17, 15) is 43.2 Å². The van der Waals surface area contributed by atoms with Crippen molar-refractivity contribution in [2.45, 2.75) is 472 Å². The summed E-state index contributed by atoms with van der Waals surface area (Å²) in [6.45, 7) is 14.4. The molecular formula is C87H170O17P2. The molecule has 17 nitrogen and oxygen atoms in total. The van der Waals surface area contributed by atoms with E-state index in [1.807, 2.05) is 0 Å². The summed E-state index contributed by atoms with van der Waals surface area (Å²) in [5.74, 6) is 1.11. The van der Waals surface area contributed by atoms with E-state index >= 15 is 0 Å². The fraction of sp³-hybridized carbons (Fsp3) is 0.954. The Kier molecular flexibility index (Phi) is 74.3. The van der Waals surface area contributed by atoms with Crippen LogP contribution in [0.5, 0.6) is 0 Å². The molecule has 0 radical (unpaired) electrons. The quantitative estimate of drug-likeness (QED) is 0.0222. The maximum absolute atomic E-state index is 13.1. The standard InChI is InChI=1S/C87H170O17P2/c1-9-79(7)65-57-49-41-33-27-21-15-13-11-12-14-16-23-30-36-44-53-61-69-86(91)103-82(73-97-84(89)67-59-51-43-35-29-25-19-20-26-32-39-47-55-63-77(3)4)75-101-105(93,94)99-71-81(88)72-100-106(95,96)102-76-83(74-98-85(90)68-60-52-46-38-40-48-56-64-78(5)6)104-87(92)70-62-54-45-37-31-24-18-17-22-28-34-42-50-58-66-80(8)10-2/h77-83,88H,9-76H2,1-8H3,(H,93,94)(H,95,96)/t79?,80?,81?,82-,83-/m1/s1. The Morgan fingerprint density at radius 2 is 0.453 bits per heavy atom. The molecule has 7 atom stereocenters. The van der Waals surface area contributed by atoms with E-state index in [0.29, 0.717) is 31.6 Å². The van der Waals surface area contributed by atoms with Crippen LogP contribution in [0.2, 0.25) is 0 Å². The molecule has 0 bridgehead atoms. The van der Waals surface area contributed by atoms with Crippen LogP contribution in [0.25, 0.3) is 0 Å². The Morgan fingerprint density at radius 3 is 0.670 bits per heavy atom. The molecule has 0 aliphatic rings. The number of carbonyl (C=O) groups is 4. The third-order valence-electron chi connectivity index (χ3n) is 21.0. The number of aliphatic hydroxyl groups is 1. The molecule has 0 saturated heterocycles. The second-order valence-electron chi connectivity index (χ2n) is 32.7. The van der Waals surface area contributed by atoms with Crippen molar-refractivity contribution >= 4 is 39.5 Å². The molecule has 5 unspecified atom stereocenters. The van der Waals surface area contributed by atoms with Gasteiger partial charge >= 0.3 is 39.5 Å². The van der Waals surface area contributed by atoms with E-state index < -0.39 is 97.5 Å². The highest BCUT2D eigenvalue weighted by Gasteiger charge is 2.31. The molecule has 0 aromatic heterocycles. The van der Waals surface area contributed by atoms with Crippen molar-refractivity contribution in [3.05, 3.63) is 0 Å². The molecule has 0 rings (SSSR count). The van der Waals surface area contributed by atoms with Crippen molar-refractivity contribution in [2.75, 3.05) is 39.6 Å². The Balaban J connectivity index is 5.22. The lowest BCUT2D eigenvalue weighted by Crippen LogP contribution is -2.30. The van der Waals surface area contributed by atoms with Gasteiger partial charge in [0.05, 0.1) is 26.4 Å². The normalized spacial score (nSPS) is 14.4. The first-order chi connectivity index (χ1) is 51.2. The summed E-state index contributed by atoms with van der Waals surface area (Å²) in [7, 11) is -9.93. The molecular weight excluding hydrogens is 1380 g/mol. The molecule has 0 fully saturated rings. The zero-order valence-electron chi connectivity index (χ0n) is 70.1. The third kappa shape index (κ3) is 77.4. The lowest BCUT2D eigenvalue weighted by molar-refractivity contribution is -0.161. The van der Waals surface area contributed by atoms with Crippen molar-refractivity contribution in [3.8, 4) is 0 Å². The minimum Gasteiger partial charge on any atom is -0.462 e. The summed E-state index contributed by atoms with van der Waals surface area (Å²) < 4.78 is 68.9. The smallest absolute Gasteiger partial charge is 0.462 e. The van der Waals surface area contributed by atoms with E-state index in [1.54, 1.807) is 0 Å². The summed E-state index contributed by atoms with van der Waals surface area (Å²) in [5, 5.41) is 10.7. The van der Waals surface area contributed by atoms with Crippen molar-refractivity contribution in [1.82, 2.24) is 0 Å². The van der Waals surface area contributed by atoms with Gasteiger partial charge in [-0.15, -0.1) is 0 Å². The molecule has 0 heterocycles. The number of ether oxygens (including phenoxy) is 4. The van der Waals surface area contributed by atoms with E-state index in [1.165, 1.54) is 250 Å². The third-order valence-corrected chi connectivity index (χ3v) is 22.9. The molecule has 0 aliphatic carbocycles. The number of carbonyl (C=O) groups excluding carboxylic acids is 4. The number of hydrogen-bond donors (Lipinski definition) is 3. The second-order valence-corrected chi connectivity index (χ2v) is 35.6. The van der Waals surface area contributed by atoms with Crippen LogP contribution in [0.3, 0.4) is 0 Å². The van der Waals surface area contributed by atoms with Crippen LogP contribution < -0.4 is 0 Å². The van der Waals surface area contributed by atoms with Gasteiger partial charge in [-0.2, -0.15) is 0 Å². The van der Waals surface area contributed by atoms with Gasteiger partial charge in [0.25, 0.3) is 0 Å².